The molecule has 1 atom stereocenters. The highest BCUT2D eigenvalue weighted by molar-refractivity contribution is 6.46. The molecular weight excluding hydrogens is 408 g/mol. The van der Waals surface area contributed by atoms with E-state index in [1.807, 2.05) is 17.7 Å². The SMILES string of the molecule is COc1ccc(C(O)=C2C(=O)C(=O)N(CCCn3ccnc3)[C@H]2c2ccccn2)cc1C. The van der Waals surface area contributed by atoms with Gasteiger partial charge < -0.3 is 19.3 Å². The van der Waals surface area contributed by atoms with Crippen LogP contribution >= 0.6 is 0 Å². The van der Waals surface area contributed by atoms with E-state index in [1.54, 1.807) is 62.2 Å². The average molecular weight is 432 g/mol. The largest absolute Gasteiger partial charge is 0.507 e. The van der Waals surface area contributed by atoms with E-state index in [9.17, 15) is 14.7 Å². The molecule has 1 fully saturated rings. The fourth-order valence-corrected chi connectivity index (χ4v) is 3.98. The molecule has 32 heavy (non-hydrogen) atoms. The van der Waals surface area contributed by atoms with Crippen molar-refractivity contribution >= 4 is 17.4 Å². The first-order valence-corrected chi connectivity index (χ1v) is 10.3. The number of Topliss-reactive ketones (excluding diaryl/α,β-unsaturated/α-hetero) is 1. The van der Waals surface area contributed by atoms with Crippen LogP contribution in [0.15, 0.2) is 66.9 Å². The number of hydrogen-bond donors (Lipinski definition) is 1. The summed E-state index contributed by atoms with van der Waals surface area (Å²) < 4.78 is 7.19. The van der Waals surface area contributed by atoms with Crippen molar-refractivity contribution in [2.45, 2.75) is 25.9 Å². The van der Waals surface area contributed by atoms with Gasteiger partial charge in [0.15, 0.2) is 0 Å². The van der Waals surface area contributed by atoms with Crippen molar-refractivity contribution in [3.8, 4) is 5.75 Å². The Morgan fingerprint density at radius 2 is 2.00 bits per heavy atom. The molecule has 2 aromatic heterocycles. The molecule has 3 heterocycles. The monoisotopic (exact) mass is 432 g/mol. The summed E-state index contributed by atoms with van der Waals surface area (Å²) in [5, 5.41) is 11.1. The summed E-state index contributed by atoms with van der Waals surface area (Å²) in [6, 6.07) is 9.68. The number of aromatic nitrogens is 3. The van der Waals surface area contributed by atoms with Crippen LogP contribution in [0.25, 0.3) is 5.76 Å². The summed E-state index contributed by atoms with van der Waals surface area (Å²) in [6.45, 7) is 2.83. The molecule has 1 amide bonds. The zero-order valence-corrected chi connectivity index (χ0v) is 17.9. The molecule has 0 spiro atoms. The van der Waals surface area contributed by atoms with E-state index in [1.165, 1.54) is 4.90 Å². The minimum absolute atomic E-state index is 0.0425. The van der Waals surface area contributed by atoms with Crippen molar-refractivity contribution in [1.82, 2.24) is 19.4 Å². The van der Waals surface area contributed by atoms with Gasteiger partial charge in [-0.05, 0) is 49.2 Å². The molecule has 1 aliphatic heterocycles. The minimum atomic E-state index is -0.763. The Balaban J connectivity index is 1.72. The normalized spacial score (nSPS) is 17.7. The van der Waals surface area contributed by atoms with Gasteiger partial charge in [0, 0.05) is 37.2 Å². The molecule has 0 saturated carbocycles. The van der Waals surface area contributed by atoms with Crippen molar-refractivity contribution < 1.29 is 19.4 Å². The van der Waals surface area contributed by atoms with Crippen LogP contribution in [0.5, 0.6) is 5.75 Å². The molecule has 3 aromatic rings. The topological polar surface area (TPSA) is 97.6 Å². The van der Waals surface area contributed by atoms with Crippen molar-refractivity contribution in [3.63, 3.8) is 0 Å². The van der Waals surface area contributed by atoms with Crippen molar-refractivity contribution in [3.05, 3.63) is 83.7 Å². The van der Waals surface area contributed by atoms with Crippen molar-refractivity contribution in [2.24, 2.45) is 0 Å². The lowest BCUT2D eigenvalue weighted by Crippen LogP contribution is -2.31. The highest BCUT2D eigenvalue weighted by Gasteiger charge is 2.46. The second-order valence-corrected chi connectivity index (χ2v) is 7.59. The Labute approximate surface area is 185 Å². The van der Waals surface area contributed by atoms with E-state index in [-0.39, 0.29) is 11.3 Å². The first kappa shape index (κ1) is 21.3. The van der Waals surface area contributed by atoms with Gasteiger partial charge in [0.05, 0.1) is 24.7 Å². The molecule has 0 aliphatic carbocycles. The Hall–Kier alpha value is -3.94. The second-order valence-electron chi connectivity index (χ2n) is 7.59. The number of amides is 1. The summed E-state index contributed by atoms with van der Waals surface area (Å²) >= 11 is 0. The number of hydrogen-bond acceptors (Lipinski definition) is 6. The smallest absolute Gasteiger partial charge is 0.295 e. The van der Waals surface area contributed by atoms with Crippen LogP contribution in [0.1, 0.15) is 29.3 Å². The van der Waals surface area contributed by atoms with Crippen molar-refractivity contribution in [1.29, 1.82) is 0 Å². The van der Waals surface area contributed by atoms with Crippen LogP contribution < -0.4 is 4.74 Å². The second kappa shape index (κ2) is 9.05. The minimum Gasteiger partial charge on any atom is -0.507 e. The zero-order chi connectivity index (χ0) is 22.7. The standard InChI is InChI=1S/C24H24N4O4/c1-16-14-17(7-8-19(16)32-2)22(29)20-21(18-6-3-4-9-26-18)28(24(31)23(20)30)12-5-11-27-13-10-25-15-27/h3-4,6-10,13-15,21,29H,5,11-12H2,1-2H3/t21-/m0/s1. The Morgan fingerprint density at radius 3 is 2.66 bits per heavy atom. The molecule has 1 aromatic carbocycles. The Morgan fingerprint density at radius 1 is 1.16 bits per heavy atom. The summed E-state index contributed by atoms with van der Waals surface area (Å²) in [5.74, 6) is -0.906. The van der Waals surface area contributed by atoms with Crippen molar-refractivity contribution in [2.75, 3.05) is 13.7 Å². The molecule has 164 valence electrons. The molecule has 1 N–H and O–H groups in total. The van der Waals surface area contributed by atoms with Gasteiger partial charge in [0.2, 0.25) is 0 Å². The van der Waals surface area contributed by atoms with Crippen LogP contribution in [0, 0.1) is 6.92 Å². The molecule has 8 heteroatoms. The summed E-state index contributed by atoms with van der Waals surface area (Å²) in [5.41, 5.74) is 1.82. The maximum Gasteiger partial charge on any atom is 0.295 e. The van der Waals surface area contributed by atoms with Gasteiger partial charge >= 0.3 is 0 Å². The molecule has 0 radical (unpaired) electrons. The number of likely N-dealkylation sites (tertiary alicyclic amines) is 1. The number of rotatable bonds is 7. The number of aliphatic hydroxyl groups is 1. The lowest BCUT2D eigenvalue weighted by molar-refractivity contribution is -0.140. The molecule has 8 nitrogen and oxygen atoms in total. The predicted molar refractivity (Wildman–Crippen MR) is 118 cm³/mol. The number of ether oxygens (including phenoxy) is 1. The maximum atomic E-state index is 13.0. The van der Waals surface area contributed by atoms with Crippen LogP contribution in [0.4, 0.5) is 0 Å². The molecular formula is C24H24N4O4. The summed E-state index contributed by atoms with van der Waals surface area (Å²) in [4.78, 5) is 35.9. The van der Waals surface area contributed by atoms with Gasteiger partial charge in [-0.3, -0.25) is 14.6 Å². The number of benzene rings is 1. The van der Waals surface area contributed by atoms with Gasteiger partial charge in [-0.2, -0.15) is 0 Å². The average Bonchev–Trinajstić information content (AvgIpc) is 3.41. The maximum absolute atomic E-state index is 13.0. The lowest BCUT2D eigenvalue weighted by Gasteiger charge is -2.24. The first-order chi connectivity index (χ1) is 15.5. The number of aliphatic hydroxyl groups excluding tert-OH is 1. The number of carbonyl (C=O) groups excluding carboxylic acids is 2. The third-order valence-corrected chi connectivity index (χ3v) is 5.55. The molecule has 0 bridgehead atoms. The van der Waals surface area contributed by atoms with E-state index >= 15 is 0 Å². The third kappa shape index (κ3) is 3.99. The molecule has 0 unspecified atom stereocenters. The highest BCUT2D eigenvalue weighted by atomic mass is 16.5. The number of nitrogens with zero attached hydrogens (tertiary/aromatic N) is 4. The fraction of sp³-hybridized carbons (Fsp3) is 0.250. The number of methoxy groups -OCH3 is 1. The van der Waals surface area contributed by atoms with Crippen LogP contribution in [0.2, 0.25) is 0 Å². The number of aryl methyl sites for hydroxylation is 2. The lowest BCUT2D eigenvalue weighted by atomic mass is 9.97. The van der Waals surface area contributed by atoms with E-state index in [2.05, 4.69) is 9.97 Å². The number of imidazole rings is 1. The fourth-order valence-electron chi connectivity index (χ4n) is 3.98. The van der Waals surface area contributed by atoms with Crippen LogP contribution in [-0.2, 0) is 16.1 Å². The Bertz CT molecular complexity index is 1160. The van der Waals surface area contributed by atoms with E-state index in [4.69, 9.17) is 4.74 Å². The molecule has 1 aliphatic rings. The van der Waals surface area contributed by atoms with Gasteiger partial charge in [-0.25, -0.2) is 4.98 Å². The molecule has 4 rings (SSSR count). The van der Waals surface area contributed by atoms with Crippen LogP contribution in [0.3, 0.4) is 0 Å². The zero-order valence-electron chi connectivity index (χ0n) is 17.9. The molecule has 1 saturated heterocycles. The third-order valence-electron chi connectivity index (χ3n) is 5.55. The first-order valence-electron chi connectivity index (χ1n) is 10.3. The van der Waals surface area contributed by atoms with Gasteiger partial charge in [0.25, 0.3) is 11.7 Å². The quantitative estimate of drug-likeness (QED) is 0.350. The Kier molecular flexibility index (Phi) is 6.02. The number of ketones is 1. The summed E-state index contributed by atoms with van der Waals surface area (Å²) in [7, 11) is 1.57. The number of pyridine rings is 1. The van der Waals surface area contributed by atoms with E-state index < -0.39 is 17.7 Å². The van der Waals surface area contributed by atoms with Gasteiger partial charge in [0.1, 0.15) is 17.6 Å². The van der Waals surface area contributed by atoms with Gasteiger partial charge in [-0.15, -0.1) is 0 Å². The van der Waals surface area contributed by atoms with Crippen LogP contribution in [-0.4, -0.2) is 49.9 Å². The van der Waals surface area contributed by atoms with E-state index in [0.29, 0.717) is 36.5 Å². The number of carbonyl (C=O) groups is 2. The highest BCUT2D eigenvalue weighted by Crippen LogP contribution is 2.39. The van der Waals surface area contributed by atoms with E-state index in [0.717, 1.165) is 5.56 Å². The summed E-state index contributed by atoms with van der Waals surface area (Å²) in [6.07, 6.45) is 7.47. The predicted octanol–water partition coefficient (Wildman–Crippen LogP) is 3.11. The van der Waals surface area contributed by atoms with Gasteiger partial charge in [-0.1, -0.05) is 6.07 Å².